The predicted molar refractivity (Wildman–Crippen MR) is 181 cm³/mol. The average molecular weight is 868 g/mol. The van der Waals surface area contributed by atoms with Crippen molar-refractivity contribution in [3.63, 3.8) is 0 Å². The van der Waals surface area contributed by atoms with Crippen LogP contribution in [0.1, 0.15) is 41.5 Å². The summed E-state index contributed by atoms with van der Waals surface area (Å²) >= 11 is 1.83. The van der Waals surface area contributed by atoms with E-state index in [4.69, 9.17) is 42.6 Å². The fourth-order valence-corrected chi connectivity index (χ4v) is 10.3. The molecule has 21 heteroatoms. The van der Waals surface area contributed by atoms with Gasteiger partial charge in [0.25, 0.3) is 0 Å². The number of sulfonamides is 1. The monoisotopic (exact) mass is 867 g/mol. The Kier molecular flexibility index (Phi) is 16.5. The van der Waals surface area contributed by atoms with Gasteiger partial charge in [0.1, 0.15) is 43.9 Å². The Morgan fingerprint density at radius 2 is 1.08 bits per heavy atom. The maximum atomic E-state index is 13.1. The molecule has 0 unspecified atom stereocenters. The fraction of sp³-hybridized carbons (Fsp3) is 0.793. The van der Waals surface area contributed by atoms with Crippen LogP contribution in [0.2, 0.25) is 25.7 Å². The highest BCUT2D eigenvalue weighted by molar-refractivity contribution is 14.1. The van der Waals surface area contributed by atoms with Gasteiger partial charge in [-0.1, -0.05) is 42.2 Å². The van der Waals surface area contributed by atoms with Gasteiger partial charge in [-0.05, 0) is 6.04 Å². The van der Waals surface area contributed by atoms with Crippen LogP contribution >= 0.6 is 22.6 Å². The molecule has 286 valence electrons. The van der Waals surface area contributed by atoms with E-state index in [0.717, 1.165) is 41.5 Å². The highest BCUT2D eigenvalue weighted by Gasteiger charge is 2.56. The standard InChI is InChI=1S/C29H46INO17SSi/c1-14(32)40-12-20-23(25(43-17(4)35)22(30)28(46-20)31-49(38,39)10-11-50(7,8)9)48-29-27(45-19(6)37)26(44-18(5)36)24(42-16(3)34)21(47-29)13-41-15(2)33/h20-29,31H,10-13H2,1-9H3/t20-,21-,22+,23-,24-,25-,26+,27-,28-,29+/m1/s1. The number of nitrogens with one attached hydrogen (secondary N) is 1. The highest BCUT2D eigenvalue weighted by Crippen LogP contribution is 2.36. The van der Waals surface area contributed by atoms with Gasteiger partial charge in [-0.2, -0.15) is 4.72 Å². The molecule has 0 aromatic heterocycles. The number of ether oxygens (including phenoxy) is 9. The van der Waals surface area contributed by atoms with Gasteiger partial charge in [-0.25, -0.2) is 8.42 Å². The van der Waals surface area contributed by atoms with Crippen molar-refractivity contribution >= 4 is 76.5 Å². The molecule has 2 fully saturated rings. The summed E-state index contributed by atoms with van der Waals surface area (Å²) in [5, 5.41) is 0. The number of hydrogen-bond acceptors (Lipinski definition) is 17. The molecule has 0 saturated carbocycles. The SMILES string of the molecule is CC(=O)OC[C@H]1O[C@@H](O[C@H]2[C@H](OC(C)=O)[C@H](I)[C@H](NS(=O)(=O)CC[Si](C)(C)C)O[C@@H]2COC(C)=O)[C@H](OC(C)=O)[C@@H](OC(C)=O)[C@@H]1OC(C)=O. The van der Waals surface area contributed by atoms with E-state index in [2.05, 4.69) is 4.72 Å². The predicted octanol–water partition coefficient (Wildman–Crippen LogP) is 0.736. The highest BCUT2D eigenvalue weighted by atomic mass is 127. The van der Waals surface area contributed by atoms with Gasteiger partial charge in [-0.3, -0.25) is 28.8 Å². The normalized spacial score (nSPS) is 30.0. The van der Waals surface area contributed by atoms with Gasteiger partial charge in [0.05, 0.1) is 9.68 Å². The van der Waals surface area contributed by atoms with E-state index in [9.17, 15) is 37.2 Å². The molecule has 0 aliphatic carbocycles. The molecule has 18 nitrogen and oxygen atoms in total. The van der Waals surface area contributed by atoms with Crippen LogP contribution in [0.4, 0.5) is 0 Å². The number of halogens is 1. The van der Waals surface area contributed by atoms with E-state index in [-0.39, 0.29) is 5.75 Å². The minimum atomic E-state index is -3.92. The second kappa shape index (κ2) is 18.9. The lowest BCUT2D eigenvalue weighted by Gasteiger charge is -2.48. The second-order valence-corrected chi connectivity index (χ2v) is 21.8. The molecule has 0 spiro atoms. The van der Waals surface area contributed by atoms with Crippen molar-refractivity contribution in [3.05, 3.63) is 0 Å². The van der Waals surface area contributed by atoms with Gasteiger partial charge in [0, 0.05) is 49.6 Å². The molecular weight excluding hydrogens is 821 g/mol. The van der Waals surface area contributed by atoms with Crippen LogP contribution in [-0.4, -0.2) is 130 Å². The number of rotatable bonds is 15. The molecule has 1 N–H and O–H groups in total. The van der Waals surface area contributed by atoms with E-state index in [1.54, 1.807) is 0 Å². The Labute approximate surface area is 305 Å². The molecule has 2 aliphatic rings. The summed E-state index contributed by atoms with van der Waals surface area (Å²) in [5.41, 5.74) is 0. The first-order valence-corrected chi connectivity index (χ1v) is 22.2. The molecule has 2 heterocycles. The zero-order valence-corrected chi connectivity index (χ0v) is 33.3. The third-order valence-electron chi connectivity index (χ3n) is 7.02. The van der Waals surface area contributed by atoms with Crippen LogP contribution in [-0.2, 0) is 81.4 Å². The van der Waals surface area contributed by atoms with Gasteiger partial charge in [-0.15, -0.1) is 0 Å². The van der Waals surface area contributed by atoms with Crippen molar-refractivity contribution in [2.75, 3.05) is 19.0 Å². The van der Waals surface area contributed by atoms with Crippen molar-refractivity contribution in [2.45, 2.75) is 126 Å². The Hall–Kier alpha value is -2.44. The molecule has 0 radical (unpaired) electrons. The van der Waals surface area contributed by atoms with Crippen LogP contribution in [0, 0.1) is 0 Å². The van der Waals surface area contributed by atoms with Crippen molar-refractivity contribution in [1.82, 2.24) is 4.72 Å². The molecule has 0 aromatic carbocycles. The smallest absolute Gasteiger partial charge is 0.303 e. The van der Waals surface area contributed by atoms with E-state index in [1.165, 1.54) is 0 Å². The molecule has 2 aliphatic heterocycles. The van der Waals surface area contributed by atoms with Crippen LogP contribution in [0.15, 0.2) is 0 Å². The summed E-state index contributed by atoms with van der Waals surface area (Å²) in [5.74, 6) is -5.05. The first-order valence-electron chi connectivity index (χ1n) is 15.6. The Balaban J connectivity index is 2.64. The van der Waals surface area contributed by atoms with Crippen LogP contribution in [0.25, 0.3) is 0 Å². The lowest BCUT2D eigenvalue weighted by Crippen LogP contribution is -2.67. The molecule has 10 atom stereocenters. The summed E-state index contributed by atoms with van der Waals surface area (Å²) in [6, 6.07) is 0.444. The van der Waals surface area contributed by atoms with Crippen LogP contribution in [0.3, 0.4) is 0 Å². The minimum absolute atomic E-state index is 0.191. The van der Waals surface area contributed by atoms with Crippen molar-refractivity contribution in [3.8, 4) is 0 Å². The van der Waals surface area contributed by atoms with E-state index >= 15 is 0 Å². The number of carbonyl (C=O) groups excluding carboxylic acids is 6. The zero-order chi connectivity index (χ0) is 38.1. The summed E-state index contributed by atoms with van der Waals surface area (Å²) in [7, 11) is -5.70. The minimum Gasteiger partial charge on any atom is -0.463 e. The quantitative estimate of drug-likeness (QED) is 0.0786. The molecular formula is C29H46INO17SSi. The van der Waals surface area contributed by atoms with Crippen molar-refractivity contribution < 1.29 is 79.8 Å². The number of alkyl halides is 1. The summed E-state index contributed by atoms with van der Waals surface area (Å²) in [6.45, 7) is 11.5. The molecule has 50 heavy (non-hydrogen) atoms. The topological polar surface area (TPSA) is 232 Å². The summed E-state index contributed by atoms with van der Waals surface area (Å²) < 4.78 is 78.5. The molecule has 2 saturated heterocycles. The average Bonchev–Trinajstić information content (AvgIpc) is 2.95. The summed E-state index contributed by atoms with van der Waals surface area (Å²) in [6.07, 6.45) is -13.2. The second-order valence-electron chi connectivity index (χ2n) is 12.8. The molecule has 0 aromatic rings. The zero-order valence-electron chi connectivity index (χ0n) is 29.3. The largest absolute Gasteiger partial charge is 0.463 e. The van der Waals surface area contributed by atoms with Gasteiger partial charge < -0.3 is 42.6 Å². The Morgan fingerprint density at radius 3 is 1.54 bits per heavy atom. The van der Waals surface area contributed by atoms with E-state index in [0.29, 0.717) is 6.04 Å². The van der Waals surface area contributed by atoms with Crippen LogP contribution in [0.5, 0.6) is 0 Å². The molecule has 0 amide bonds. The maximum Gasteiger partial charge on any atom is 0.303 e. The fourth-order valence-electron chi connectivity index (χ4n) is 4.95. The van der Waals surface area contributed by atoms with Crippen molar-refractivity contribution in [1.29, 1.82) is 0 Å². The number of hydrogen-bond donors (Lipinski definition) is 1. The first kappa shape index (κ1) is 43.7. The van der Waals surface area contributed by atoms with Crippen molar-refractivity contribution in [2.24, 2.45) is 0 Å². The van der Waals surface area contributed by atoms with Gasteiger partial charge in [0.15, 0.2) is 24.6 Å². The van der Waals surface area contributed by atoms with Gasteiger partial charge in [0.2, 0.25) is 10.0 Å². The number of esters is 6. The van der Waals surface area contributed by atoms with E-state index < -0.39 is 126 Å². The molecule has 2 rings (SSSR count). The lowest BCUT2D eigenvalue weighted by molar-refractivity contribution is -0.336. The van der Waals surface area contributed by atoms with Crippen LogP contribution < -0.4 is 4.72 Å². The number of carbonyl (C=O) groups is 6. The molecule has 0 bridgehead atoms. The first-order chi connectivity index (χ1) is 23.0. The Morgan fingerprint density at radius 1 is 0.640 bits per heavy atom. The summed E-state index contributed by atoms with van der Waals surface area (Å²) in [4.78, 5) is 72.7. The van der Waals surface area contributed by atoms with Gasteiger partial charge >= 0.3 is 35.8 Å². The third-order valence-corrected chi connectivity index (χ3v) is 11.8. The lowest BCUT2D eigenvalue weighted by atomic mass is 9.96. The van der Waals surface area contributed by atoms with E-state index in [1.807, 2.05) is 42.2 Å². The maximum absolute atomic E-state index is 13.1. The third kappa shape index (κ3) is 14.3. The Bertz CT molecular complexity index is 1360.